The number of aromatic amines is 1. The summed E-state index contributed by atoms with van der Waals surface area (Å²) < 4.78 is 0. The summed E-state index contributed by atoms with van der Waals surface area (Å²) in [6.07, 6.45) is 3.22. The van der Waals surface area contributed by atoms with Crippen LogP contribution in [-0.2, 0) is 6.42 Å². The maximum absolute atomic E-state index is 12.0. The second kappa shape index (κ2) is 4.45. The van der Waals surface area contributed by atoms with Crippen molar-refractivity contribution in [2.24, 2.45) is 0 Å². The van der Waals surface area contributed by atoms with Gasteiger partial charge in [0.15, 0.2) is 0 Å². The van der Waals surface area contributed by atoms with Gasteiger partial charge in [-0.3, -0.25) is 9.89 Å². The lowest BCUT2D eigenvalue weighted by atomic mass is 9.94. The van der Waals surface area contributed by atoms with Crippen LogP contribution < -0.4 is 11.1 Å². The van der Waals surface area contributed by atoms with E-state index < -0.39 is 0 Å². The van der Waals surface area contributed by atoms with Crippen LogP contribution in [0.1, 0.15) is 39.8 Å². The average Bonchev–Trinajstić information content (AvgIpc) is 2.97. The van der Waals surface area contributed by atoms with Crippen molar-refractivity contribution in [1.82, 2.24) is 15.5 Å². The molecule has 0 aliphatic heterocycles. The smallest absolute Gasteiger partial charge is 0.269 e. The van der Waals surface area contributed by atoms with Crippen LogP contribution in [-0.4, -0.2) is 16.1 Å². The molecule has 0 saturated carbocycles. The molecule has 2 aromatic heterocycles. The number of amides is 1. The number of H-pyrrole nitrogens is 1. The Morgan fingerprint density at radius 2 is 2.50 bits per heavy atom. The minimum absolute atomic E-state index is 0.108. The predicted molar refractivity (Wildman–Crippen MR) is 70.5 cm³/mol. The normalized spacial score (nSPS) is 18.3. The molecule has 1 unspecified atom stereocenters. The van der Waals surface area contributed by atoms with E-state index in [1.54, 1.807) is 17.4 Å². The third-order valence-electron chi connectivity index (χ3n) is 3.20. The van der Waals surface area contributed by atoms with E-state index >= 15 is 0 Å². The number of hydrogen-bond donors (Lipinski definition) is 3. The van der Waals surface area contributed by atoms with Gasteiger partial charge in [-0.05, 0) is 36.3 Å². The van der Waals surface area contributed by atoms with Crippen LogP contribution in [0.4, 0.5) is 5.82 Å². The molecule has 4 N–H and O–H groups in total. The molecule has 0 bridgehead atoms. The van der Waals surface area contributed by atoms with Gasteiger partial charge in [0.05, 0.1) is 6.04 Å². The fraction of sp³-hybridized carbons (Fsp3) is 0.333. The van der Waals surface area contributed by atoms with E-state index in [0.29, 0.717) is 11.5 Å². The van der Waals surface area contributed by atoms with Crippen molar-refractivity contribution < 1.29 is 4.79 Å². The molecule has 18 heavy (non-hydrogen) atoms. The predicted octanol–water partition coefficient (Wildman–Crippen LogP) is 1.86. The van der Waals surface area contributed by atoms with E-state index in [9.17, 15) is 4.79 Å². The number of aryl methyl sites for hydroxylation is 1. The van der Waals surface area contributed by atoms with Gasteiger partial charge in [-0.2, -0.15) is 5.10 Å². The summed E-state index contributed by atoms with van der Waals surface area (Å²) in [7, 11) is 0. The van der Waals surface area contributed by atoms with Crippen LogP contribution in [0.15, 0.2) is 17.5 Å². The van der Waals surface area contributed by atoms with Crippen molar-refractivity contribution in [2.75, 3.05) is 5.73 Å². The zero-order chi connectivity index (χ0) is 12.5. The Balaban J connectivity index is 1.77. The number of hydrogen-bond acceptors (Lipinski definition) is 4. The van der Waals surface area contributed by atoms with Crippen molar-refractivity contribution in [1.29, 1.82) is 0 Å². The summed E-state index contributed by atoms with van der Waals surface area (Å²) in [5, 5.41) is 11.5. The minimum atomic E-state index is -0.150. The van der Waals surface area contributed by atoms with Gasteiger partial charge in [0.2, 0.25) is 0 Å². The molecule has 5 nitrogen and oxygen atoms in total. The number of nitrogens with one attached hydrogen (secondary N) is 2. The van der Waals surface area contributed by atoms with Crippen LogP contribution in [0.2, 0.25) is 0 Å². The lowest BCUT2D eigenvalue weighted by Crippen LogP contribution is -2.30. The van der Waals surface area contributed by atoms with Crippen molar-refractivity contribution in [3.63, 3.8) is 0 Å². The highest BCUT2D eigenvalue weighted by Gasteiger charge is 2.23. The standard InChI is InChI=1S/C12H14N4OS/c13-11-6-9(15-16-11)12(17)14-8-2-1-3-10-7(8)4-5-18-10/h4-6,8H,1-3H2,(H,14,17)(H3,13,15,16). The van der Waals surface area contributed by atoms with Crippen LogP contribution in [0.25, 0.3) is 0 Å². The van der Waals surface area contributed by atoms with Gasteiger partial charge in [0.25, 0.3) is 5.91 Å². The number of anilines is 1. The van der Waals surface area contributed by atoms with E-state index in [2.05, 4.69) is 27.0 Å². The first kappa shape index (κ1) is 11.3. The lowest BCUT2D eigenvalue weighted by Gasteiger charge is -2.23. The van der Waals surface area contributed by atoms with Crippen LogP contribution >= 0.6 is 11.3 Å². The van der Waals surface area contributed by atoms with Crippen molar-refractivity contribution in [3.8, 4) is 0 Å². The summed E-state index contributed by atoms with van der Waals surface area (Å²) >= 11 is 1.76. The number of nitrogen functional groups attached to an aromatic ring is 1. The fourth-order valence-electron chi connectivity index (χ4n) is 2.33. The Hall–Kier alpha value is -1.82. The SMILES string of the molecule is Nc1cc(C(=O)NC2CCCc3sccc32)[nH]n1. The summed E-state index contributed by atoms with van der Waals surface area (Å²) in [6.45, 7) is 0. The third-order valence-corrected chi connectivity index (χ3v) is 4.20. The summed E-state index contributed by atoms with van der Waals surface area (Å²) in [6, 6.07) is 3.76. The molecule has 6 heteroatoms. The van der Waals surface area contributed by atoms with Gasteiger partial charge < -0.3 is 11.1 Å². The second-order valence-electron chi connectivity index (χ2n) is 4.42. The number of fused-ring (bicyclic) bond motifs is 1. The van der Waals surface area contributed by atoms with Crippen molar-refractivity contribution >= 4 is 23.1 Å². The Kier molecular flexibility index (Phi) is 2.79. The van der Waals surface area contributed by atoms with Gasteiger partial charge >= 0.3 is 0 Å². The van der Waals surface area contributed by atoms with Gasteiger partial charge in [0.1, 0.15) is 11.5 Å². The second-order valence-corrected chi connectivity index (χ2v) is 5.42. The maximum Gasteiger partial charge on any atom is 0.269 e. The summed E-state index contributed by atoms with van der Waals surface area (Å²) in [5.41, 5.74) is 7.16. The molecule has 94 valence electrons. The number of nitrogens with two attached hydrogens (primary N) is 1. The molecule has 1 aliphatic rings. The molecule has 0 fully saturated rings. The number of aromatic nitrogens is 2. The molecule has 2 aromatic rings. The zero-order valence-electron chi connectivity index (χ0n) is 9.77. The average molecular weight is 262 g/mol. The van der Waals surface area contributed by atoms with E-state index in [0.717, 1.165) is 19.3 Å². The first-order valence-electron chi connectivity index (χ1n) is 5.92. The molecule has 0 spiro atoms. The van der Waals surface area contributed by atoms with E-state index in [1.807, 2.05) is 0 Å². The highest BCUT2D eigenvalue weighted by atomic mass is 32.1. The molecule has 0 saturated heterocycles. The quantitative estimate of drug-likeness (QED) is 0.772. The van der Waals surface area contributed by atoms with E-state index in [4.69, 9.17) is 5.73 Å². The number of thiophene rings is 1. The van der Waals surface area contributed by atoms with Crippen molar-refractivity contribution in [3.05, 3.63) is 33.6 Å². The highest BCUT2D eigenvalue weighted by molar-refractivity contribution is 7.10. The number of carbonyl (C=O) groups is 1. The topological polar surface area (TPSA) is 83.8 Å². The zero-order valence-corrected chi connectivity index (χ0v) is 10.6. The van der Waals surface area contributed by atoms with Crippen molar-refractivity contribution in [2.45, 2.75) is 25.3 Å². The first-order chi connectivity index (χ1) is 8.74. The van der Waals surface area contributed by atoms with Crippen LogP contribution in [0, 0.1) is 0 Å². The molecule has 1 amide bonds. The van der Waals surface area contributed by atoms with E-state index in [-0.39, 0.29) is 11.9 Å². The van der Waals surface area contributed by atoms with Gasteiger partial charge in [-0.25, -0.2) is 0 Å². The number of nitrogens with zero attached hydrogens (tertiary/aromatic N) is 1. The minimum Gasteiger partial charge on any atom is -0.382 e. The first-order valence-corrected chi connectivity index (χ1v) is 6.80. The van der Waals surface area contributed by atoms with Gasteiger partial charge in [0, 0.05) is 10.9 Å². The number of rotatable bonds is 2. The summed E-state index contributed by atoms with van der Waals surface area (Å²) in [5.74, 6) is 0.184. The summed E-state index contributed by atoms with van der Waals surface area (Å²) in [4.78, 5) is 13.4. The van der Waals surface area contributed by atoms with Crippen LogP contribution in [0.3, 0.4) is 0 Å². The van der Waals surface area contributed by atoms with Crippen LogP contribution in [0.5, 0.6) is 0 Å². The van der Waals surface area contributed by atoms with Gasteiger partial charge in [-0.1, -0.05) is 0 Å². The molecule has 0 radical (unpaired) electrons. The molecule has 3 rings (SSSR count). The highest BCUT2D eigenvalue weighted by Crippen LogP contribution is 2.33. The molecule has 0 aromatic carbocycles. The molecule has 2 heterocycles. The maximum atomic E-state index is 12.0. The molecule has 1 atom stereocenters. The Morgan fingerprint density at radius 3 is 3.28 bits per heavy atom. The molecule has 1 aliphatic carbocycles. The third kappa shape index (κ3) is 1.99. The Labute approximate surface area is 108 Å². The largest absolute Gasteiger partial charge is 0.382 e. The number of carbonyl (C=O) groups excluding carboxylic acids is 1. The van der Waals surface area contributed by atoms with E-state index in [1.165, 1.54) is 10.4 Å². The lowest BCUT2D eigenvalue weighted by molar-refractivity contribution is 0.0928. The molecular weight excluding hydrogens is 248 g/mol. The Morgan fingerprint density at radius 1 is 1.61 bits per heavy atom. The fourth-order valence-corrected chi connectivity index (χ4v) is 3.31. The Bertz CT molecular complexity index is 574. The van der Waals surface area contributed by atoms with Gasteiger partial charge in [-0.15, -0.1) is 11.3 Å². The monoisotopic (exact) mass is 262 g/mol. The molecular formula is C12H14N4OS.